The van der Waals surface area contributed by atoms with Crippen LogP contribution in [-0.2, 0) is 15.1 Å². The first kappa shape index (κ1) is 13.2. The zero-order valence-electron chi connectivity index (χ0n) is 11.3. The van der Waals surface area contributed by atoms with Crippen molar-refractivity contribution in [1.29, 1.82) is 0 Å². The molecule has 2 saturated carbocycles. The predicted octanol–water partition coefficient (Wildman–Crippen LogP) is 2.29. The highest BCUT2D eigenvalue weighted by Gasteiger charge is 2.47. The van der Waals surface area contributed by atoms with Gasteiger partial charge in [0.25, 0.3) is 0 Å². The van der Waals surface area contributed by atoms with E-state index >= 15 is 0 Å². The average Bonchev–Trinajstić information content (AvgIpc) is 3.05. The normalized spacial score (nSPS) is 27.0. The fraction of sp³-hybridized carbons (Fsp3) is 0.500. The molecule has 0 aliphatic heterocycles. The van der Waals surface area contributed by atoms with E-state index in [2.05, 4.69) is 5.32 Å². The number of carboxylic acid groups (broad SMARTS) is 1. The second-order valence-corrected chi connectivity index (χ2v) is 5.98. The molecule has 20 heavy (non-hydrogen) atoms. The quantitative estimate of drug-likeness (QED) is 0.884. The van der Waals surface area contributed by atoms with Gasteiger partial charge in [-0.25, -0.2) is 0 Å². The van der Waals surface area contributed by atoms with Gasteiger partial charge in [0, 0.05) is 5.92 Å². The summed E-state index contributed by atoms with van der Waals surface area (Å²) < 4.78 is 0. The molecule has 0 aromatic heterocycles. The van der Waals surface area contributed by atoms with Crippen LogP contribution in [0.5, 0.6) is 0 Å². The van der Waals surface area contributed by atoms with Gasteiger partial charge in [-0.3, -0.25) is 9.59 Å². The van der Waals surface area contributed by atoms with Gasteiger partial charge in [-0.15, -0.1) is 0 Å². The maximum atomic E-state index is 12.3. The number of carbonyl (C=O) groups is 2. The summed E-state index contributed by atoms with van der Waals surface area (Å²) in [5.41, 5.74) is 0.959. The highest BCUT2D eigenvalue weighted by Crippen LogP contribution is 2.46. The first-order valence-corrected chi connectivity index (χ1v) is 7.21. The van der Waals surface area contributed by atoms with Crippen molar-refractivity contribution in [2.75, 3.05) is 0 Å². The lowest BCUT2D eigenvalue weighted by atomic mass is 10.0. The molecule has 0 saturated heterocycles. The zero-order valence-corrected chi connectivity index (χ0v) is 11.3. The molecule has 0 heterocycles. The minimum atomic E-state index is -0.774. The molecule has 4 nitrogen and oxygen atoms in total. The van der Waals surface area contributed by atoms with E-state index in [-0.39, 0.29) is 23.3 Å². The summed E-state index contributed by atoms with van der Waals surface area (Å²) >= 11 is 0. The summed E-state index contributed by atoms with van der Waals surface area (Å²) in [6, 6.07) is 10.0. The second-order valence-electron chi connectivity index (χ2n) is 5.98. The Kier molecular flexibility index (Phi) is 3.24. The van der Waals surface area contributed by atoms with Crippen LogP contribution in [-0.4, -0.2) is 17.0 Å². The number of amides is 1. The molecule has 1 aromatic rings. The van der Waals surface area contributed by atoms with Crippen molar-refractivity contribution in [3.8, 4) is 0 Å². The van der Waals surface area contributed by atoms with Crippen LogP contribution in [0.4, 0.5) is 0 Å². The number of carboxylic acids is 1. The molecule has 2 aliphatic rings. The van der Waals surface area contributed by atoms with E-state index < -0.39 is 5.97 Å². The minimum absolute atomic E-state index is 0.0232. The number of aliphatic carboxylic acids is 1. The lowest BCUT2D eigenvalue weighted by molar-refractivity contribution is -0.141. The lowest BCUT2D eigenvalue weighted by Gasteiger charge is -2.20. The molecule has 2 fully saturated rings. The Bertz CT molecular complexity index is 522. The second kappa shape index (κ2) is 4.93. The number of rotatable bonds is 4. The van der Waals surface area contributed by atoms with Gasteiger partial charge in [0.1, 0.15) is 0 Å². The molecular weight excluding hydrogens is 254 g/mol. The smallest absolute Gasteiger partial charge is 0.306 e. The van der Waals surface area contributed by atoms with E-state index in [1.807, 2.05) is 30.3 Å². The largest absolute Gasteiger partial charge is 0.481 e. The van der Waals surface area contributed by atoms with Crippen molar-refractivity contribution in [2.24, 2.45) is 11.8 Å². The van der Waals surface area contributed by atoms with Gasteiger partial charge in [-0.05, 0) is 37.7 Å². The van der Waals surface area contributed by atoms with Gasteiger partial charge in [0.15, 0.2) is 0 Å². The number of hydrogen-bond donors (Lipinski definition) is 2. The summed E-state index contributed by atoms with van der Waals surface area (Å²) in [6.45, 7) is 0. The summed E-state index contributed by atoms with van der Waals surface area (Å²) in [7, 11) is 0. The maximum absolute atomic E-state index is 12.3. The number of carbonyl (C=O) groups excluding carboxylic acids is 1. The van der Waals surface area contributed by atoms with Crippen molar-refractivity contribution in [3.63, 3.8) is 0 Å². The molecule has 1 amide bonds. The summed E-state index contributed by atoms with van der Waals surface area (Å²) in [5, 5.41) is 12.2. The standard InChI is InChI=1S/C16H19NO3/c18-14(11-6-7-12(10-11)15(19)20)17-16(8-9-16)13-4-2-1-3-5-13/h1-5,11-12H,6-10H2,(H,17,18)(H,19,20)/t11-,12+/m0/s1. The van der Waals surface area contributed by atoms with E-state index in [1.54, 1.807) is 0 Å². The van der Waals surface area contributed by atoms with Gasteiger partial charge in [-0.2, -0.15) is 0 Å². The van der Waals surface area contributed by atoms with Gasteiger partial charge in [0.2, 0.25) is 5.91 Å². The Balaban J connectivity index is 1.64. The third-order valence-electron chi connectivity index (χ3n) is 4.59. The van der Waals surface area contributed by atoms with Gasteiger partial charge in [-0.1, -0.05) is 30.3 Å². The number of benzene rings is 1. The predicted molar refractivity (Wildman–Crippen MR) is 74.0 cm³/mol. The van der Waals surface area contributed by atoms with E-state index in [0.717, 1.165) is 18.4 Å². The molecule has 2 aliphatic carbocycles. The molecule has 1 aromatic carbocycles. The van der Waals surface area contributed by atoms with Crippen LogP contribution < -0.4 is 5.32 Å². The van der Waals surface area contributed by atoms with Crippen LogP contribution in [0.25, 0.3) is 0 Å². The monoisotopic (exact) mass is 273 g/mol. The molecule has 0 unspecified atom stereocenters. The first-order valence-electron chi connectivity index (χ1n) is 7.21. The van der Waals surface area contributed by atoms with E-state index in [0.29, 0.717) is 19.3 Å². The van der Waals surface area contributed by atoms with E-state index in [4.69, 9.17) is 5.11 Å². The topological polar surface area (TPSA) is 66.4 Å². The minimum Gasteiger partial charge on any atom is -0.481 e. The summed E-state index contributed by atoms with van der Waals surface area (Å²) in [4.78, 5) is 23.3. The van der Waals surface area contributed by atoms with Crippen LogP contribution in [0, 0.1) is 11.8 Å². The van der Waals surface area contributed by atoms with Crippen molar-refractivity contribution >= 4 is 11.9 Å². The third-order valence-corrected chi connectivity index (χ3v) is 4.59. The molecule has 106 valence electrons. The Morgan fingerprint density at radius 2 is 1.75 bits per heavy atom. The Morgan fingerprint density at radius 3 is 2.30 bits per heavy atom. The number of hydrogen-bond acceptors (Lipinski definition) is 2. The van der Waals surface area contributed by atoms with Gasteiger partial charge in [0.05, 0.1) is 11.5 Å². The summed E-state index contributed by atoms with van der Waals surface area (Å²) in [6.07, 6.45) is 3.72. The van der Waals surface area contributed by atoms with Crippen LogP contribution in [0.1, 0.15) is 37.7 Å². The zero-order chi connectivity index (χ0) is 14.2. The fourth-order valence-electron chi connectivity index (χ4n) is 3.15. The van der Waals surface area contributed by atoms with Crippen LogP contribution >= 0.6 is 0 Å². The molecule has 0 radical (unpaired) electrons. The SMILES string of the molecule is O=C(O)[C@@H]1CC[C@H](C(=O)NC2(c3ccccc3)CC2)C1. The van der Waals surface area contributed by atoms with Gasteiger partial charge < -0.3 is 10.4 Å². The van der Waals surface area contributed by atoms with Crippen molar-refractivity contribution < 1.29 is 14.7 Å². The van der Waals surface area contributed by atoms with Crippen LogP contribution in [0.2, 0.25) is 0 Å². The first-order chi connectivity index (χ1) is 9.61. The van der Waals surface area contributed by atoms with Crippen molar-refractivity contribution in [2.45, 2.75) is 37.6 Å². The lowest BCUT2D eigenvalue weighted by Crippen LogP contribution is -2.38. The highest BCUT2D eigenvalue weighted by atomic mass is 16.4. The maximum Gasteiger partial charge on any atom is 0.306 e. The fourth-order valence-corrected chi connectivity index (χ4v) is 3.15. The van der Waals surface area contributed by atoms with E-state index in [9.17, 15) is 9.59 Å². The molecule has 4 heteroatoms. The van der Waals surface area contributed by atoms with Crippen LogP contribution in [0.3, 0.4) is 0 Å². The average molecular weight is 273 g/mol. The molecule has 2 atom stereocenters. The van der Waals surface area contributed by atoms with Crippen molar-refractivity contribution in [1.82, 2.24) is 5.32 Å². The van der Waals surface area contributed by atoms with E-state index in [1.165, 1.54) is 0 Å². The molecular formula is C16H19NO3. The van der Waals surface area contributed by atoms with Crippen LogP contribution in [0.15, 0.2) is 30.3 Å². The van der Waals surface area contributed by atoms with Crippen molar-refractivity contribution in [3.05, 3.63) is 35.9 Å². The molecule has 0 spiro atoms. The number of nitrogens with one attached hydrogen (secondary N) is 1. The van der Waals surface area contributed by atoms with Gasteiger partial charge >= 0.3 is 5.97 Å². The Labute approximate surface area is 118 Å². The molecule has 3 rings (SSSR count). The Hall–Kier alpha value is -1.84. The molecule has 2 N–H and O–H groups in total. The highest BCUT2D eigenvalue weighted by molar-refractivity contribution is 5.82. The Morgan fingerprint density at radius 1 is 1.10 bits per heavy atom. The summed E-state index contributed by atoms with van der Waals surface area (Å²) in [5.74, 6) is -1.24. The third kappa shape index (κ3) is 2.42. The molecule has 0 bridgehead atoms.